The third kappa shape index (κ3) is 2.81. The fourth-order valence-corrected chi connectivity index (χ4v) is 2.84. The van der Waals surface area contributed by atoms with E-state index < -0.39 is 0 Å². The van der Waals surface area contributed by atoms with E-state index in [2.05, 4.69) is 26.7 Å². The molecule has 2 N–H and O–H groups in total. The van der Waals surface area contributed by atoms with Gasteiger partial charge in [-0.2, -0.15) is 0 Å². The Labute approximate surface area is 114 Å². The fraction of sp³-hybridized carbons (Fsp3) is 0.714. The monoisotopic (exact) mass is 261 g/mol. The predicted octanol–water partition coefficient (Wildman–Crippen LogP) is 1.15. The van der Waals surface area contributed by atoms with E-state index in [0.29, 0.717) is 5.82 Å². The molecule has 5 heteroatoms. The highest BCUT2D eigenvalue weighted by Gasteiger charge is 2.27. The molecule has 1 aromatic rings. The first kappa shape index (κ1) is 12.7. The summed E-state index contributed by atoms with van der Waals surface area (Å²) in [6.45, 7) is 7.79. The highest BCUT2D eigenvalue weighted by molar-refractivity contribution is 5.56. The Morgan fingerprint density at radius 3 is 2.58 bits per heavy atom. The van der Waals surface area contributed by atoms with Crippen molar-refractivity contribution in [2.75, 3.05) is 43.4 Å². The van der Waals surface area contributed by atoms with Gasteiger partial charge in [0.15, 0.2) is 0 Å². The normalized spacial score (nSPS) is 20.8. The third-order valence-corrected chi connectivity index (χ3v) is 4.19. The number of nitrogens with zero attached hydrogens (tertiary/aromatic N) is 4. The van der Waals surface area contributed by atoms with Gasteiger partial charge in [-0.1, -0.05) is 6.92 Å². The van der Waals surface area contributed by atoms with E-state index >= 15 is 0 Å². The summed E-state index contributed by atoms with van der Waals surface area (Å²) in [4.78, 5) is 13.5. The molecule has 1 aliphatic carbocycles. The summed E-state index contributed by atoms with van der Waals surface area (Å²) in [6, 6.07) is 0. The molecule has 104 valence electrons. The van der Waals surface area contributed by atoms with Gasteiger partial charge in [0.05, 0.1) is 0 Å². The Morgan fingerprint density at radius 2 is 1.95 bits per heavy atom. The van der Waals surface area contributed by atoms with Gasteiger partial charge in [-0.25, -0.2) is 9.97 Å². The molecule has 0 aromatic carbocycles. The lowest BCUT2D eigenvalue weighted by atomic mass is 10.2. The Kier molecular flexibility index (Phi) is 3.55. The van der Waals surface area contributed by atoms with E-state index in [1.165, 1.54) is 19.4 Å². The summed E-state index contributed by atoms with van der Waals surface area (Å²) < 4.78 is 0. The average Bonchev–Trinajstić information content (AvgIpc) is 3.23. The summed E-state index contributed by atoms with van der Waals surface area (Å²) in [5, 5.41) is 0. The number of nitrogens with two attached hydrogens (primary N) is 1. The number of hydrogen-bond donors (Lipinski definition) is 1. The molecule has 0 amide bonds. The predicted molar refractivity (Wildman–Crippen MR) is 77.2 cm³/mol. The molecule has 0 spiro atoms. The SMILES string of the molecule is CCc1c(N)ncnc1N1CCN(CC2CC2)CC1. The van der Waals surface area contributed by atoms with Crippen molar-refractivity contribution in [2.24, 2.45) is 5.92 Å². The molecular formula is C14H23N5. The van der Waals surface area contributed by atoms with Crippen LogP contribution in [-0.2, 0) is 6.42 Å². The Balaban J connectivity index is 1.65. The van der Waals surface area contributed by atoms with E-state index in [1.807, 2.05) is 0 Å². The van der Waals surface area contributed by atoms with Crippen LogP contribution in [0.15, 0.2) is 6.33 Å². The first-order chi connectivity index (χ1) is 9.28. The van der Waals surface area contributed by atoms with Crippen molar-refractivity contribution < 1.29 is 0 Å². The van der Waals surface area contributed by atoms with Crippen LogP contribution in [0.5, 0.6) is 0 Å². The van der Waals surface area contributed by atoms with Crippen molar-refractivity contribution in [3.63, 3.8) is 0 Å². The molecule has 19 heavy (non-hydrogen) atoms. The van der Waals surface area contributed by atoms with Gasteiger partial charge < -0.3 is 10.6 Å². The Hall–Kier alpha value is -1.36. The average molecular weight is 261 g/mol. The quantitative estimate of drug-likeness (QED) is 0.881. The van der Waals surface area contributed by atoms with E-state index in [-0.39, 0.29) is 0 Å². The van der Waals surface area contributed by atoms with Crippen molar-refractivity contribution >= 4 is 11.6 Å². The molecule has 2 heterocycles. The van der Waals surface area contributed by atoms with Crippen molar-refractivity contribution in [3.05, 3.63) is 11.9 Å². The minimum Gasteiger partial charge on any atom is -0.383 e. The molecule has 1 aliphatic heterocycles. The number of piperazine rings is 1. The van der Waals surface area contributed by atoms with Crippen molar-refractivity contribution in [1.29, 1.82) is 0 Å². The molecule has 0 radical (unpaired) electrons. The van der Waals surface area contributed by atoms with Crippen molar-refractivity contribution in [3.8, 4) is 0 Å². The summed E-state index contributed by atoms with van der Waals surface area (Å²) in [5.41, 5.74) is 7.05. The summed E-state index contributed by atoms with van der Waals surface area (Å²) >= 11 is 0. The smallest absolute Gasteiger partial charge is 0.137 e. The summed E-state index contributed by atoms with van der Waals surface area (Å²) in [5.74, 6) is 2.65. The van der Waals surface area contributed by atoms with E-state index in [4.69, 9.17) is 5.73 Å². The summed E-state index contributed by atoms with van der Waals surface area (Å²) in [6.07, 6.45) is 5.34. The zero-order chi connectivity index (χ0) is 13.2. The van der Waals surface area contributed by atoms with E-state index in [9.17, 15) is 0 Å². The van der Waals surface area contributed by atoms with Crippen LogP contribution in [0.1, 0.15) is 25.3 Å². The van der Waals surface area contributed by atoms with Gasteiger partial charge in [0.2, 0.25) is 0 Å². The van der Waals surface area contributed by atoms with E-state index in [0.717, 1.165) is 49.9 Å². The van der Waals surface area contributed by atoms with Crippen LogP contribution in [0.2, 0.25) is 0 Å². The van der Waals surface area contributed by atoms with Crippen LogP contribution >= 0.6 is 0 Å². The third-order valence-electron chi connectivity index (χ3n) is 4.19. The molecule has 1 aromatic heterocycles. The molecule has 1 saturated heterocycles. The van der Waals surface area contributed by atoms with Crippen LogP contribution in [0.3, 0.4) is 0 Å². The molecule has 2 fully saturated rings. The van der Waals surface area contributed by atoms with Crippen LogP contribution in [0, 0.1) is 5.92 Å². The van der Waals surface area contributed by atoms with Gasteiger partial charge in [0.25, 0.3) is 0 Å². The van der Waals surface area contributed by atoms with Crippen LogP contribution in [0.4, 0.5) is 11.6 Å². The lowest BCUT2D eigenvalue weighted by Crippen LogP contribution is -2.47. The molecule has 5 nitrogen and oxygen atoms in total. The zero-order valence-electron chi connectivity index (χ0n) is 11.7. The molecular weight excluding hydrogens is 238 g/mol. The van der Waals surface area contributed by atoms with Crippen LogP contribution in [0.25, 0.3) is 0 Å². The maximum absolute atomic E-state index is 5.95. The molecule has 0 unspecified atom stereocenters. The topological polar surface area (TPSA) is 58.3 Å². The largest absolute Gasteiger partial charge is 0.383 e. The van der Waals surface area contributed by atoms with E-state index in [1.54, 1.807) is 6.33 Å². The lowest BCUT2D eigenvalue weighted by Gasteiger charge is -2.36. The van der Waals surface area contributed by atoms with Gasteiger partial charge in [-0.15, -0.1) is 0 Å². The van der Waals surface area contributed by atoms with Crippen LogP contribution < -0.4 is 10.6 Å². The van der Waals surface area contributed by atoms with Crippen LogP contribution in [-0.4, -0.2) is 47.6 Å². The lowest BCUT2D eigenvalue weighted by molar-refractivity contribution is 0.247. The number of hydrogen-bond acceptors (Lipinski definition) is 5. The molecule has 0 atom stereocenters. The van der Waals surface area contributed by atoms with Gasteiger partial charge in [0.1, 0.15) is 18.0 Å². The van der Waals surface area contributed by atoms with Gasteiger partial charge in [-0.05, 0) is 25.2 Å². The molecule has 3 rings (SSSR count). The van der Waals surface area contributed by atoms with Gasteiger partial charge in [-0.3, -0.25) is 4.90 Å². The number of aromatic nitrogens is 2. The van der Waals surface area contributed by atoms with Crippen molar-refractivity contribution in [1.82, 2.24) is 14.9 Å². The van der Waals surface area contributed by atoms with Crippen molar-refractivity contribution in [2.45, 2.75) is 26.2 Å². The highest BCUT2D eigenvalue weighted by atomic mass is 15.3. The minimum absolute atomic E-state index is 0.632. The Morgan fingerprint density at radius 1 is 1.21 bits per heavy atom. The van der Waals surface area contributed by atoms with Gasteiger partial charge in [0, 0.05) is 38.3 Å². The number of rotatable bonds is 4. The second-order valence-electron chi connectivity index (χ2n) is 5.65. The molecule has 2 aliphatic rings. The fourth-order valence-electron chi connectivity index (χ4n) is 2.84. The first-order valence-electron chi connectivity index (χ1n) is 7.34. The number of anilines is 2. The van der Waals surface area contributed by atoms with Gasteiger partial charge >= 0.3 is 0 Å². The summed E-state index contributed by atoms with van der Waals surface area (Å²) in [7, 11) is 0. The second kappa shape index (κ2) is 5.33. The minimum atomic E-state index is 0.632. The molecule has 1 saturated carbocycles. The number of nitrogen functional groups attached to an aromatic ring is 1. The highest BCUT2D eigenvalue weighted by Crippen LogP contribution is 2.30. The first-order valence-corrected chi connectivity index (χ1v) is 7.34. The Bertz CT molecular complexity index is 435. The standard InChI is InChI=1S/C14H23N5/c1-2-12-13(15)16-10-17-14(12)19-7-5-18(6-8-19)9-11-3-4-11/h10-11H,2-9H2,1H3,(H2,15,16,17). The second-order valence-corrected chi connectivity index (χ2v) is 5.65. The maximum atomic E-state index is 5.95. The zero-order valence-corrected chi connectivity index (χ0v) is 11.7. The maximum Gasteiger partial charge on any atom is 0.137 e. The molecule has 0 bridgehead atoms.